The summed E-state index contributed by atoms with van der Waals surface area (Å²) < 4.78 is 7.23. The number of carbonyl (C=O) groups excluding carboxylic acids is 2. The van der Waals surface area contributed by atoms with Crippen LogP contribution in [0.5, 0.6) is 0 Å². The predicted molar refractivity (Wildman–Crippen MR) is 134 cm³/mol. The van der Waals surface area contributed by atoms with E-state index < -0.39 is 5.60 Å². The molecule has 0 saturated carbocycles. The second-order valence-electron chi connectivity index (χ2n) is 10.1. The van der Waals surface area contributed by atoms with Crippen LogP contribution in [0, 0.1) is 12.8 Å². The Balaban J connectivity index is 1.58. The summed E-state index contributed by atoms with van der Waals surface area (Å²) in [6.45, 7) is 9.35. The maximum atomic E-state index is 13.8. The molecule has 0 aliphatic carbocycles. The SMILES string of the molecule is Cc1nn(C)c2nc(-c3cccs3)cc(C(=O)N3CCCC(CN(C)C(=O)OC(C)(C)C)C3)c12. The van der Waals surface area contributed by atoms with Gasteiger partial charge in [-0.1, -0.05) is 6.07 Å². The topological polar surface area (TPSA) is 80.6 Å². The molecular weight excluding hydrogens is 450 g/mol. The molecule has 0 N–H and O–H groups in total. The molecule has 182 valence electrons. The Morgan fingerprint density at radius 2 is 2.09 bits per heavy atom. The van der Waals surface area contributed by atoms with Crippen LogP contribution in [0.25, 0.3) is 21.6 Å². The summed E-state index contributed by atoms with van der Waals surface area (Å²) in [6, 6.07) is 5.90. The Hall–Kier alpha value is -2.94. The molecule has 1 saturated heterocycles. The maximum absolute atomic E-state index is 13.8. The molecule has 9 heteroatoms. The van der Waals surface area contributed by atoms with Crippen LogP contribution in [0.2, 0.25) is 0 Å². The molecule has 1 aliphatic heterocycles. The third-order valence-electron chi connectivity index (χ3n) is 6.02. The molecule has 1 fully saturated rings. The summed E-state index contributed by atoms with van der Waals surface area (Å²) in [6.07, 6.45) is 1.53. The van der Waals surface area contributed by atoms with E-state index in [1.807, 2.05) is 63.2 Å². The quantitative estimate of drug-likeness (QED) is 0.536. The van der Waals surface area contributed by atoms with Gasteiger partial charge in [-0.15, -0.1) is 11.3 Å². The molecule has 0 radical (unpaired) electrons. The number of pyridine rings is 1. The van der Waals surface area contributed by atoms with Crippen molar-refractivity contribution in [2.24, 2.45) is 13.0 Å². The van der Waals surface area contributed by atoms with Gasteiger partial charge in [0.05, 0.1) is 27.2 Å². The third-order valence-corrected chi connectivity index (χ3v) is 6.91. The van der Waals surface area contributed by atoms with Gasteiger partial charge in [0.2, 0.25) is 0 Å². The lowest BCUT2D eigenvalue weighted by Gasteiger charge is -2.35. The lowest BCUT2D eigenvalue weighted by atomic mass is 9.96. The summed E-state index contributed by atoms with van der Waals surface area (Å²) in [5.41, 5.74) is 2.40. The lowest BCUT2D eigenvalue weighted by Crippen LogP contribution is -2.45. The van der Waals surface area contributed by atoms with Gasteiger partial charge in [0, 0.05) is 33.7 Å². The van der Waals surface area contributed by atoms with Gasteiger partial charge in [-0.2, -0.15) is 5.10 Å². The minimum absolute atomic E-state index is 0.00840. The second-order valence-corrected chi connectivity index (χ2v) is 11.0. The number of ether oxygens (including phenoxy) is 1. The highest BCUT2D eigenvalue weighted by atomic mass is 32.1. The van der Waals surface area contributed by atoms with Gasteiger partial charge >= 0.3 is 6.09 Å². The van der Waals surface area contributed by atoms with Gasteiger partial charge in [-0.3, -0.25) is 9.48 Å². The number of hydrogen-bond donors (Lipinski definition) is 0. The van der Waals surface area contributed by atoms with Crippen LogP contribution in [-0.4, -0.2) is 68.8 Å². The molecule has 34 heavy (non-hydrogen) atoms. The normalized spacial score (nSPS) is 16.6. The van der Waals surface area contributed by atoms with Gasteiger partial charge in [-0.05, 0) is 64.0 Å². The Morgan fingerprint density at radius 3 is 2.76 bits per heavy atom. The zero-order valence-corrected chi connectivity index (χ0v) is 21.6. The molecule has 8 nitrogen and oxygen atoms in total. The van der Waals surface area contributed by atoms with Crippen molar-refractivity contribution in [3.63, 3.8) is 0 Å². The number of hydrogen-bond acceptors (Lipinski definition) is 6. The molecule has 0 spiro atoms. The van der Waals surface area contributed by atoms with Crippen molar-refractivity contribution in [1.29, 1.82) is 0 Å². The van der Waals surface area contributed by atoms with Gasteiger partial charge in [0.1, 0.15) is 5.60 Å². The first-order valence-electron chi connectivity index (χ1n) is 11.6. The van der Waals surface area contributed by atoms with Crippen LogP contribution in [0.4, 0.5) is 4.79 Å². The van der Waals surface area contributed by atoms with Gasteiger partial charge in [-0.25, -0.2) is 9.78 Å². The number of aromatic nitrogens is 3. The summed E-state index contributed by atoms with van der Waals surface area (Å²) in [4.78, 5) is 35.6. The van der Waals surface area contributed by atoms with Crippen LogP contribution in [0.3, 0.4) is 0 Å². The Kier molecular flexibility index (Phi) is 6.66. The van der Waals surface area contributed by atoms with Gasteiger partial charge in [0.15, 0.2) is 5.65 Å². The highest BCUT2D eigenvalue weighted by Crippen LogP contribution is 2.31. The molecule has 1 unspecified atom stereocenters. The fraction of sp³-hybridized carbons (Fsp3) is 0.520. The number of likely N-dealkylation sites (tertiary alicyclic amines) is 1. The molecule has 3 aromatic heterocycles. The summed E-state index contributed by atoms with van der Waals surface area (Å²) in [5.74, 6) is 0.185. The highest BCUT2D eigenvalue weighted by Gasteiger charge is 2.30. The van der Waals surface area contributed by atoms with E-state index in [0.29, 0.717) is 30.8 Å². The van der Waals surface area contributed by atoms with E-state index in [9.17, 15) is 9.59 Å². The maximum Gasteiger partial charge on any atom is 0.410 e. The van der Waals surface area contributed by atoms with Crippen LogP contribution in [-0.2, 0) is 11.8 Å². The molecular formula is C25H33N5O3S. The van der Waals surface area contributed by atoms with E-state index in [-0.39, 0.29) is 17.9 Å². The monoisotopic (exact) mass is 483 g/mol. The lowest BCUT2D eigenvalue weighted by molar-refractivity contribution is 0.0244. The molecule has 0 bridgehead atoms. The number of carbonyl (C=O) groups is 2. The summed E-state index contributed by atoms with van der Waals surface area (Å²) in [5, 5.41) is 7.35. The fourth-order valence-corrected chi connectivity index (χ4v) is 5.22. The molecule has 4 rings (SSSR count). The van der Waals surface area contributed by atoms with Crippen LogP contribution < -0.4 is 0 Å². The van der Waals surface area contributed by atoms with E-state index in [1.165, 1.54) is 0 Å². The molecule has 4 heterocycles. The van der Waals surface area contributed by atoms with Crippen LogP contribution in [0.1, 0.15) is 49.7 Å². The van der Waals surface area contributed by atoms with E-state index in [0.717, 1.165) is 34.5 Å². The Labute approximate surface area is 204 Å². The molecule has 1 aliphatic rings. The predicted octanol–water partition coefficient (Wildman–Crippen LogP) is 4.72. The van der Waals surface area contributed by atoms with Crippen molar-refractivity contribution >= 4 is 34.4 Å². The smallest absolute Gasteiger partial charge is 0.410 e. The number of fused-ring (bicyclic) bond motifs is 1. The van der Waals surface area contributed by atoms with Crippen molar-refractivity contribution < 1.29 is 14.3 Å². The number of thiophene rings is 1. The number of amides is 2. The molecule has 1 atom stereocenters. The minimum Gasteiger partial charge on any atom is -0.444 e. The summed E-state index contributed by atoms with van der Waals surface area (Å²) in [7, 11) is 3.62. The molecule has 3 aromatic rings. The van der Waals surface area contributed by atoms with Crippen molar-refractivity contribution in [2.45, 2.75) is 46.1 Å². The van der Waals surface area contributed by atoms with Gasteiger partial charge in [0.25, 0.3) is 5.91 Å². The van der Waals surface area contributed by atoms with E-state index in [4.69, 9.17) is 9.72 Å². The zero-order valence-electron chi connectivity index (χ0n) is 20.8. The van der Waals surface area contributed by atoms with E-state index in [2.05, 4.69) is 5.10 Å². The largest absolute Gasteiger partial charge is 0.444 e. The van der Waals surface area contributed by atoms with Crippen molar-refractivity contribution in [2.75, 3.05) is 26.7 Å². The fourth-order valence-electron chi connectivity index (χ4n) is 4.53. The number of aryl methyl sites for hydroxylation is 2. The van der Waals surface area contributed by atoms with Crippen LogP contribution >= 0.6 is 11.3 Å². The molecule has 0 aromatic carbocycles. The molecule has 2 amide bonds. The van der Waals surface area contributed by atoms with Crippen molar-refractivity contribution in [1.82, 2.24) is 24.6 Å². The summed E-state index contributed by atoms with van der Waals surface area (Å²) >= 11 is 1.60. The number of nitrogens with zero attached hydrogens (tertiary/aromatic N) is 5. The average molecular weight is 484 g/mol. The van der Waals surface area contributed by atoms with E-state index >= 15 is 0 Å². The number of rotatable bonds is 4. The van der Waals surface area contributed by atoms with Crippen molar-refractivity contribution in [3.8, 4) is 10.6 Å². The van der Waals surface area contributed by atoms with Gasteiger partial charge < -0.3 is 14.5 Å². The van der Waals surface area contributed by atoms with E-state index in [1.54, 1.807) is 28.0 Å². The average Bonchev–Trinajstić information content (AvgIpc) is 3.40. The first-order chi connectivity index (χ1) is 16.0. The van der Waals surface area contributed by atoms with Crippen molar-refractivity contribution in [3.05, 3.63) is 34.8 Å². The van der Waals surface area contributed by atoms with Crippen LogP contribution in [0.15, 0.2) is 23.6 Å². The Morgan fingerprint density at radius 1 is 1.32 bits per heavy atom. The standard InChI is InChI=1S/C25H33N5O3S/c1-16-21-18(13-19(20-10-8-12-34-20)26-22(21)29(6)27-16)23(31)30-11-7-9-17(15-30)14-28(5)24(32)33-25(2,3)4/h8,10,12-13,17H,7,9,11,14-15H2,1-6H3. The first-order valence-corrected chi connectivity index (χ1v) is 12.5. The number of piperidine rings is 1. The second kappa shape index (κ2) is 9.37. The Bertz CT molecular complexity index is 1200. The zero-order chi connectivity index (χ0) is 24.6. The third kappa shape index (κ3) is 5.09. The minimum atomic E-state index is -0.533. The first kappa shape index (κ1) is 24.2. The highest BCUT2D eigenvalue weighted by molar-refractivity contribution is 7.13.